The van der Waals surface area contributed by atoms with Crippen LogP contribution in [0.2, 0.25) is 0 Å². The lowest BCUT2D eigenvalue weighted by molar-refractivity contribution is -0.00813. The molecule has 1 aliphatic rings. The van der Waals surface area contributed by atoms with Crippen LogP contribution < -0.4 is 14.4 Å². The molecule has 2 aromatic carbocycles. The van der Waals surface area contributed by atoms with Gasteiger partial charge < -0.3 is 19.1 Å². The molecule has 0 saturated carbocycles. The van der Waals surface area contributed by atoms with Crippen LogP contribution >= 0.6 is 0 Å². The van der Waals surface area contributed by atoms with Crippen LogP contribution in [0.3, 0.4) is 0 Å². The Morgan fingerprint density at radius 2 is 1.85 bits per heavy atom. The molecule has 2 heterocycles. The summed E-state index contributed by atoms with van der Waals surface area (Å²) in [7, 11) is -2.03. The Hall–Kier alpha value is -3.54. The van der Waals surface area contributed by atoms with Crippen molar-refractivity contribution in [1.29, 1.82) is 0 Å². The number of methoxy groups -OCH3 is 1. The fraction of sp³-hybridized carbons (Fsp3) is 0.393. The maximum absolute atomic E-state index is 13.5. The van der Waals surface area contributed by atoms with Crippen LogP contribution in [-0.4, -0.2) is 64.2 Å². The maximum Gasteiger partial charge on any atom is 0.258 e. The molecule has 1 amide bonds. The molecule has 0 fully saturated rings. The number of fused-ring (bicyclic) bond motifs is 1. The summed E-state index contributed by atoms with van der Waals surface area (Å²) in [4.78, 5) is 24.3. The zero-order valence-corrected chi connectivity index (χ0v) is 23.7. The van der Waals surface area contributed by atoms with Crippen LogP contribution in [0, 0.1) is 0 Å². The van der Waals surface area contributed by atoms with Crippen molar-refractivity contribution in [2.45, 2.75) is 32.6 Å². The van der Waals surface area contributed by atoms with E-state index in [4.69, 9.17) is 14.2 Å². The van der Waals surface area contributed by atoms with Gasteiger partial charge in [0.2, 0.25) is 10.0 Å². The van der Waals surface area contributed by atoms with Crippen molar-refractivity contribution >= 4 is 27.3 Å². The number of ether oxygens (including phenoxy) is 3. The molecule has 208 valence electrons. The second-order valence-corrected chi connectivity index (χ2v) is 12.1. The Morgan fingerprint density at radius 1 is 1.05 bits per heavy atom. The standard InChI is InChI=1S/C28H34N4O6S/c1-28(2,3)26-17-29-24(16-30-26)20-6-8-22-19(14-20)10-11-32(27(22)33)21-7-9-25(38-18-37-13-12-36-4)23(15-21)31-39(5,34)35/h6-9,14-17,31H,10-13,18H2,1-5H3. The van der Waals surface area contributed by atoms with Gasteiger partial charge in [0.15, 0.2) is 6.79 Å². The third kappa shape index (κ3) is 7.11. The summed E-state index contributed by atoms with van der Waals surface area (Å²) in [6, 6.07) is 10.6. The Labute approximate surface area is 229 Å². The number of benzene rings is 2. The monoisotopic (exact) mass is 554 g/mol. The molecule has 3 aromatic rings. The number of hydrogen-bond donors (Lipinski definition) is 1. The number of amides is 1. The minimum Gasteiger partial charge on any atom is -0.465 e. The van der Waals surface area contributed by atoms with Crippen molar-refractivity contribution in [3.05, 3.63) is 65.6 Å². The summed E-state index contributed by atoms with van der Waals surface area (Å²) in [5.41, 5.74) is 4.77. The summed E-state index contributed by atoms with van der Waals surface area (Å²) < 4.78 is 42.3. The molecule has 1 aromatic heterocycles. The number of nitrogens with one attached hydrogen (secondary N) is 1. The fourth-order valence-corrected chi connectivity index (χ4v) is 4.72. The van der Waals surface area contributed by atoms with Crippen molar-refractivity contribution in [2.24, 2.45) is 0 Å². The average Bonchev–Trinajstić information content (AvgIpc) is 2.88. The summed E-state index contributed by atoms with van der Waals surface area (Å²) in [5, 5.41) is 0. The smallest absolute Gasteiger partial charge is 0.258 e. The van der Waals surface area contributed by atoms with E-state index < -0.39 is 10.0 Å². The molecule has 0 saturated heterocycles. The number of carbonyl (C=O) groups excluding carboxylic acids is 1. The van der Waals surface area contributed by atoms with Crippen molar-refractivity contribution in [1.82, 2.24) is 9.97 Å². The van der Waals surface area contributed by atoms with Gasteiger partial charge in [0.1, 0.15) is 5.75 Å². The van der Waals surface area contributed by atoms with Gasteiger partial charge in [0.25, 0.3) is 5.91 Å². The van der Waals surface area contributed by atoms with Gasteiger partial charge in [-0.3, -0.25) is 19.5 Å². The van der Waals surface area contributed by atoms with Crippen molar-refractivity contribution in [2.75, 3.05) is 49.5 Å². The molecule has 4 rings (SSSR count). The van der Waals surface area contributed by atoms with Crippen LogP contribution in [0.15, 0.2) is 48.8 Å². The van der Waals surface area contributed by atoms with Crippen LogP contribution in [0.5, 0.6) is 5.75 Å². The molecular weight excluding hydrogens is 520 g/mol. The predicted octanol–water partition coefficient (Wildman–Crippen LogP) is 4.01. The molecule has 0 radical (unpaired) electrons. The van der Waals surface area contributed by atoms with Crippen LogP contribution in [0.25, 0.3) is 11.3 Å². The van der Waals surface area contributed by atoms with Crippen LogP contribution in [-0.2, 0) is 31.3 Å². The van der Waals surface area contributed by atoms with E-state index in [1.807, 2.05) is 18.2 Å². The van der Waals surface area contributed by atoms with E-state index in [2.05, 4.69) is 35.5 Å². The third-order valence-electron chi connectivity index (χ3n) is 6.20. The molecular formula is C28H34N4O6S. The molecule has 0 atom stereocenters. The summed E-state index contributed by atoms with van der Waals surface area (Å²) in [6.07, 6.45) is 5.24. The quantitative estimate of drug-likeness (QED) is 0.295. The number of anilines is 2. The van der Waals surface area contributed by atoms with E-state index >= 15 is 0 Å². The van der Waals surface area contributed by atoms with Gasteiger partial charge in [-0.25, -0.2) is 8.42 Å². The van der Waals surface area contributed by atoms with E-state index in [9.17, 15) is 13.2 Å². The van der Waals surface area contributed by atoms with Gasteiger partial charge in [-0.15, -0.1) is 0 Å². The van der Waals surface area contributed by atoms with Crippen LogP contribution in [0.4, 0.5) is 11.4 Å². The molecule has 0 bridgehead atoms. The number of aromatic nitrogens is 2. The number of hydrogen-bond acceptors (Lipinski definition) is 8. The normalized spacial score (nSPS) is 13.8. The summed E-state index contributed by atoms with van der Waals surface area (Å²) in [5.74, 6) is 0.119. The van der Waals surface area contributed by atoms with Gasteiger partial charge >= 0.3 is 0 Å². The molecule has 0 unspecified atom stereocenters. The van der Waals surface area contributed by atoms with Crippen molar-refractivity contribution in [3.8, 4) is 17.0 Å². The highest BCUT2D eigenvalue weighted by atomic mass is 32.2. The third-order valence-corrected chi connectivity index (χ3v) is 6.79. The number of nitrogens with zero attached hydrogens (tertiary/aromatic N) is 3. The Balaban J connectivity index is 1.55. The first-order valence-electron chi connectivity index (χ1n) is 12.6. The van der Waals surface area contributed by atoms with Crippen molar-refractivity contribution in [3.63, 3.8) is 0 Å². The van der Waals surface area contributed by atoms with E-state index in [0.717, 1.165) is 28.8 Å². The van der Waals surface area contributed by atoms with E-state index in [1.54, 1.807) is 42.6 Å². The molecule has 0 spiro atoms. The lowest BCUT2D eigenvalue weighted by Crippen LogP contribution is -2.37. The highest BCUT2D eigenvalue weighted by molar-refractivity contribution is 7.92. The molecule has 1 aliphatic heterocycles. The van der Waals surface area contributed by atoms with Gasteiger partial charge in [-0.05, 0) is 42.3 Å². The number of sulfonamides is 1. The van der Waals surface area contributed by atoms with E-state index in [-0.39, 0.29) is 29.6 Å². The predicted molar refractivity (Wildman–Crippen MR) is 150 cm³/mol. The first kappa shape index (κ1) is 28.5. The highest BCUT2D eigenvalue weighted by Gasteiger charge is 2.27. The Morgan fingerprint density at radius 3 is 2.51 bits per heavy atom. The van der Waals surface area contributed by atoms with E-state index in [0.29, 0.717) is 37.4 Å². The van der Waals surface area contributed by atoms with Gasteiger partial charge in [-0.1, -0.05) is 26.8 Å². The second-order valence-electron chi connectivity index (χ2n) is 10.3. The molecule has 0 aliphatic carbocycles. The summed E-state index contributed by atoms with van der Waals surface area (Å²) >= 11 is 0. The number of rotatable bonds is 10. The zero-order chi connectivity index (χ0) is 28.2. The van der Waals surface area contributed by atoms with E-state index in [1.165, 1.54) is 0 Å². The fourth-order valence-electron chi connectivity index (χ4n) is 4.16. The first-order chi connectivity index (χ1) is 18.5. The lowest BCUT2D eigenvalue weighted by Gasteiger charge is -2.29. The SMILES string of the molecule is COCCOCOc1ccc(N2CCc3cc(-c4cnc(C(C)(C)C)cn4)ccc3C2=O)cc1NS(C)(=O)=O. The molecule has 1 N–H and O–H groups in total. The lowest BCUT2D eigenvalue weighted by atomic mass is 9.92. The van der Waals surface area contributed by atoms with Gasteiger partial charge in [0, 0.05) is 42.1 Å². The topological polar surface area (TPSA) is 120 Å². The van der Waals surface area contributed by atoms with Gasteiger partial charge in [-0.2, -0.15) is 0 Å². The minimum atomic E-state index is -3.60. The maximum atomic E-state index is 13.5. The Kier molecular flexibility index (Phi) is 8.53. The largest absolute Gasteiger partial charge is 0.465 e. The highest BCUT2D eigenvalue weighted by Crippen LogP contribution is 2.34. The van der Waals surface area contributed by atoms with Crippen LogP contribution in [0.1, 0.15) is 42.4 Å². The second kappa shape index (κ2) is 11.7. The number of carbonyl (C=O) groups is 1. The molecule has 39 heavy (non-hydrogen) atoms. The van der Waals surface area contributed by atoms with Crippen molar-refractivity contribution < 1.29 is 27.4 Å². The molecule has 10 nitrogen and oxygen atoms in total. The Bertz CT molecular complexity index is 1440. The summed E-state index contributed by atoms with van der Waals surface area (Å²) in [6.45, 7) is 7.37. The zero-order valence-electron chi connectivity index (χ0n) is 22.9. The molecule has 11 heteroatoms. The average molecular weight is 555 g/mol. The first-order valence-corrected chi connectivity index (χ1v) is 14.4. The van der Waals surface area contributed by atoms with Gasteiger partial charge in [0.05, 0.1) is 42.7 Å². The minimum absolute atomic E-state index is 0.0805.